The summed E-state index contributed by atoms with van der Waals surface area (Å²) in [6.07, 6.45) is 1.19. The summed E-state index contributed by atoms with van der Waals surface area (Å²) in [4.78, 5) is 15.5. The number of rotatable bonds is 8. The van der Waals surface area contributed by atoms with Crippen LogP contribution in [0.3, 0.4) is 0 Å². The van der Waals surface area contributed by atoms with Gasteiger partial charge in [0.15, 0.2) is 5.82 Å². The number of aryl methyl sites for hydroxylation is 1. The van der Waals surface area contributed by atoms with Crippen LogP contribution in [-0.4, -0.2) is 46.5 Å². The summed E-state index contributed by atoms with van der Waals surface area (Å²) in [5, 5.41) is 28.0. The minimum Gasteiger partial charge on any atom is -0.481 e. The molecule has 9 heteroatoms. The Morgan fingerprint density at radius 3 is 2.42 bits per heavy atom. The Morgan fingerprint density at radius 2 is 1.79 bits per heavy atom. The molecule has 0 amide bonds. The highest BCUT2D eigenvalue weighted by Gasteiger charge is 2.23. The molecule has 0 bridgehead atoms. The average Bonchev–Trinajstić information content (AvgIpc) is 3.44. The molecule has 0 saturated heterocycles. The van der Waals surface area contributed by atoms with Crippen LogP contribution in [0.4, 0.5) is 0 Å². The lowest BCUT2D eigenvalue weighted by molar-refractivity contribution is -0.137. The Morgan fingerprint density at radius 1 is 1.06 bits per heavy atom. The maximum Gasteiger partial charge on any atom is 0.303 e. The maximum atomic E-state index is 10.8. The van der Waals surface area contributed by atoms with Crippen LogP contribution in [-0.2, 0) is 23.2 Å². The third-order valence-corrected chi connectivity index (χ3v) is 5.29. The zero-order chi connectivity index (χ0) is 23.4. The molecule has 33 heavy (non-hydrogen) atoms. The molecule has 0 spiro atoms. The van der Waals surface area contributed by atoms with Crippen molar-refractivity contribution in [2.45, 2.75) is 52.0 Å². The van der Waals surface area contributed by atoms with E-state index >= 15 is 0 Å². The van der Waals surface area contributed by atoms with Gasteiger partial charge in [-0.3, -0.25) is 4.79 Å². The third-order valence-electron chi connectivity index (χ3n) is 5.29. The van der Waals surface area contributed by atoms with Crippen LogP contribution < -0.4 is 0 Å². The minimum absolute atomic E-state index is 0.117. The summed E-state index contributed by atoms with van der Waals surface area (Å²) in [5.74, 6) is 1.33. The van der Waals surface area contributed by atoms with E-state index in [0.29, 0.717) is 31.0 Å². The predicted octanol–water partition coefficient (Wildman–Crippen LogP) is 3.88. The number of aromatic nitrogens is 7. The number of tetrazole rings is 1. The normalized spacial score (nSPS) is 11.6. The van der Waals surface area contributed by atoms with E-state index in [1.807, 2.05) is 28.9 Å². The highest BCUT2D eigenvalue weighted by molar-refractivity contribution is 5.80. The Labute approximate surface area is 191 Å². The Bertz CT molecular complexity index is 1220. The number of carbonyl (C=O) groups is 1. The second-order valence-corrected chi connectivity index (χ2v) is 8.98. The molecule has 0 saturated carbocycles. The summed E-state index contributed by atoms with van der Waals surface area (Å²) in [7, 11) is 0. The Hall–Kier alpha value is -3.88. The molecule has 170 valence electrons. The van der Waals surface area contributed by atoms with Crippen molar-refractivity contribution in [1.82, 2.24) is 35.4 Å². The zero-order valence-corrected chi connectivity index (χ0v) is 19.0. The minimum atomic E-state index is -0.800. The van der Waals surface area contributed by atoms with Gasteiger partial charge in [-0.15, -0.1) is 10.2 Å². The zero-order valence-electron chi connectivity index (χ0n) is 19.0. The Kier molecular flexibility index (Phi) is 6.30. The van der Waals surface area contributed by atoms with E-state index in [4.69, 9.17) is 10.1 Å². The first kappa shape index (κ1) is 22.3. The number of H-pyrrole nitrogens is 1. The van der Waals surface area contributed by atoms with E-state index in [9.17, 15) is 4.79 Å². The number of nitrogens with zero attached hydrogens (tertiary/aromatic N) is 6. The third kappa shape index (κ3) is 5.31. The molecule has 0 aliphatic carbocycles. The number of aromatic amines is 1. The number of carboxylic acids is 1. The van der Waals surface area contributed by atoms with Crippen LogP contribution >= 0.6 is 0 Å². The average molecular weight is 446 g/mol. The lowest BCUT2D eigenvalue weighted by Gasteiger charge is -2.18. The van der Waals surface area contributed by atoms with Crippen molar-refractivity contribution < 1.29 is 9.90 Å². The molecule has 0 atom stereocenters. The van der Waals surface area contributed by atoms with Gasteiger partial charge in [0.1, 0.15) is 5.82 Å². The maximum absolute atomic E-state index is 10.8. The summed E-state index contributed by atoms with van der Waals surface area (Å²) >= 11 is 0. The molecular weight excluding hydrogens is 418 g/mol. The summed E-state index contributed by atoms with van der Waals surface area (Å²) in [6.45, 7) is 6.90. The molecule has 0 fully saturated rings. The van der Waals surface area contributed by atoms with E-state index in [1.165, 1.54) is 0 Å². The SMILES string of the molecule is CC(C)(C)c1nc(CCCC(=O)O)nn1Cc1ccc(-c2ccccc2-c2nn[nH]n2)cc1. The molecule has 0 unspecified atom stereocenters. The second kappa shape index (κ2) is 9.32. The van der Waals surface area contributed by atoms with Crippen LogP contribution in [0.15, 0.2) is 48.5 Å². The van der Waals surface area contributed by atoms with E-state index in [1.54, 1.807) is 0 Å². The van der Waals surface area contributed by atoms with Gasteiger partial charge in [0.05, 0.1) is 6.54 Å². The quantitative estimate of drug-likeness (QED) is 0.422. The van der Waals surface area contributed by atoms with E-state index in [-0.39, 0.29) is 11.8 Å². The fourth-order valence-electron chi connectivity index (χ4n) is 3.73. The number of benzene rings is 2. The van der Waals surface area contributed by atoms with Crippen molar-refractivity contribution >= 4 is 5.97 Å². The van der Waals surface area contributed by atoms with Gasteiger partial charge in [-0.05, 0) is 28.3 Å². The van der Waals surface area contributed by atoms with Crippen molar-refractivity contribution in [2.24, 2.45) is 0 Å². The summed E-state index contributed by atoms with van der Waals surface area (Å²) < 4.78 is 1.93. The van der Waals surface area contributed by atoms with Crippen LogP contribution in [0.2, 0.25) is 0 Å². The smallest absolute Gasteiger partial charge is 0.303 e. The van der Waals surface area contributed by atoms with Crippen LogP contribution in [0.5, 0.6) is 0 Å². The number of nitrogens with one attached hydrogen (secondary N) is 1. The fraction of sp³-hybridized carbons (Fsp3) is 0.333. The molecule has 4 aromatic rings. The molecule has 0 aliphatic rings. The summed E-state index contributed by atoms with van der Waals surface area (Å²) in [5.41, 5.74) is 3.92. The highest BCUT2D eigenvalue weighted by Crippen LogP contribution is 2.30. The molecule has 2 N–H and O–H groups in total. The number of aliphatic carboxylic acids is 1. The predicted molar refractivity (Wildman–Crippen MR) is 123 cm³/mol. The van der Waals surface area contributed by atoms with Crippen molar-refractivity contribution in [3.63, 3.8) is 0 Å². The van der Waals surface area contributed by atoms with E-state index in [0.717, 1.165) is 28.1 Å². The summed E-state index contributed by atoms with van der Waals surface area (Å²) in [6, 6.07) is 16.3. The number of hydrogen-bond acceptors (Lipinski definition) is 6. The van der Waals surface area contributed by atoms with Gasteiger partial charge in [0.25, 0.3) is 0 Å². The van der Waals surface area contributed by atoms with Gasteiger partial charge in [-0.1, -0.05) is 69.3 Å². The van der Waals surface area contributed by atoms with Crippen molar-refractivity contribution in [3.8, 4) is 22.5 Å². The first-order valence-corrected chi connectivity index (χ1v) is 10.9. The molecule has 0 aliphatic heterocycles. The van der Waals surface area contributed by atoms with Crippen molar-refractivity contribution in [3.05, 3.63) is 65.7 Å². The highest BCUT2D eigenvalue weighted by atomic mass is 16.4. The van der Waals surface area contributed by atoms with Gasteiger partial charge >= 0.3 is 5.97 Å². The van der Waals surface area contributed by atoms with Gasteiger partial charge in [-0.25, -0.2) is 9.67 Å². The largest absolute Gasteiger partial charge is 0.481 e. The van der Waals surface area contributed by atoms with Crippen LogP contribution in [0.25, 0.3) is 22.5 Å². The van der Waals surface area contributed by atoms with Gasteiger partial charge in [-0.2, -0.15) is 10.3 Å². The molecule has 0 radical (unpaired) electrons. The van der Waals surface area contributed by atoms with Crippen molar-refractivity contribution in [2.75, 3.05) is 0 Å². The molecule has 2 heterocycles. The molecular formula is C24H27N7O2. The van der Waals surface area contributed by atoms with Gasteiger partial charge in [0.2, 0.25) is 5.82 Å². The molecule has 2 aromatic heterocycles. The van der Waals surface area contributed by atoms with Gasteiger partial charge in [0, 0.05) is 23.8 Å². The van der Waals surface area contributed by atoms with E-state index < -0.39 is 5.97 Å². The first-order chi connectivity index (χ1) is 15.8. The molecule has 9 nitrogen and oxygen atoms in total. The lowest BCUT2D eigenvalue weighted by atomic mass is 9.95. The number of hydrogen-bond donors (Lipinski definition) is 2. The second-order valence-electron chi connectivity index (χ2n) is 8.98. The first-order valence-electron chi connectivity index (χ1n) is 10.9. The Balaban J connectivity index is 1.56. The van der Waals surface area contributed by atoms with Gasteiger partial charge < -0.3 is 5.11 Å². The fourth-order valence-corrected chi connectivity index (χ4v) is 3.73. The standard InChI is InChI=1S/C24H27N7O2/c1-24(2,3)23-25-20(9-6-10-21(32)33)28-31(23)15-16-11-13-17(14-12-16)18-7-4-5-8-19(18)22-26-29-30-27-22/h4-5,7-8,11-14H,6,9-10,15H2,1-3H3,(H,32,33)(H,26,27,29,30). The molecule has 4 rings (SSSR count). The topological polar surface area (TPSA) is 122 Å². The molecule has 2 aromatic carbocycles. The van der Waals surface area contributed by atoms with Crippen LogP contribution in [0, 0.1) is 0 Å². The van der Waals surface area contributed by atoms with Crippen LogP contribution in [0.1, 0.15) is 50.8 Å². The van der Waals surface area contributed by atoms with Crippen molar-refractivity contribution in [1.29, 1.82) is 0 Å². The number of carboxylic acid groups (broad SMARTS) is 1. The van der Waals surface area contributed by atoms with E-state index in [2.05, 4.69) is 70.8 Å². The lowest BCUT2D eigenvalue weighted by Crippen LogP contribution is -2.20. The monoisotopic (exact) mass is 445 g/mol.